The molecule has 1 aromatic carbocycles. The Morgan fingerprint density at radius 2 is 1.81 bits per heavy atom. The van der Waals surface area contributed by atoms with Gasteiger partial charge in [-0.3, -0.25) is 4.18 Å². The average Bonchev–Trinajstić information content (AvgIpc) is 3.01. The molecule has 0 radical (unpaired) electrons. The number of rotatable bonds is 6. The van der Waals surface area contributed by atoms with E-state index in [1.165, 1.54) is 0 Å². The molecule has 1 aliphatic rings. The summed E-state index contributed by atoms with van der Waals surface area (Å²) in [7, 11) is -3.26. The maximum Gasteiger partial charge on any atom is 0.264 e. The molecule has 0 aromatic heterocycles. The monoisotopic (exact) mass is 328 g/mol. The van der Waals surface area contributed by atoms with E-state index in [0.717, 1.165) is 24.0 Å². The van der Waals surface area contributed by atoms with Crippen molar-refractivity contribution in [3.05, 3.63) is 29.8 Å². The molecule has 0 saturated heterocycles. The summed E-state index contributed by atoms with van der Waals surface area (Å²) >= 11 is 0. The maximum absolute atomic E-state index is 11.6. The van der Waals surface area contributed by atoms with Gasteiger partial charge in [-0.05, 0) is 29.7 Å². The van der Waals surface area contributed by atoms with Gasteiger partial charge in [-0.25, -0.2) is 0 Å². The van der Waals surface area contributed by atoms with E-state index in [-0.39, 0.29) is 0 Å². The van der Waals surface area contributed by atoms with Gasteiger partial charge >= 0.3 is 0 Å². The first-order valence-corrected chi connectivity index (χ1v) is 12.5. The molecule has 1 saturated carbocycles. The lowest BCUT2D eigenvalue weighted by Crippen LogP contribution is -2.31. The Labute approximate surface area is 128 Å². The Morgan fingerprint density at radius 3 is 2.19 bits per heavy atom. The zero-order chi connectivity index (χ0) is 15.9. The van der Waals surface area contributed by atoms with Crippen molar-refractivity contribution in [3.8, 4) is 5.75 Å². The molecule has 0 heterocycles. The van der Waals surface area contributed by atoms with Crippen LogP contribution in [-0.2, 0) is 20.7 Å². The third-order valence-corrected chi connectivity index (χ3v) is 7.51. The van der Waals surface area contributed by atoms with Gasteiger partial charge in [0.2, 0.25) is 0 Å². The maximum atomic E-state index is 11.6. The molecule has 1 fully saturated rings. The summed E-state index contributed by atoms with van der Waals surface area (Å²) in [6.45, 7) is 6.79. The molecule has 118 valence electrons. The van der Waals surface area contributed by atoms with Crippen LogP contribution in [0.2, 0.25) is 25.2 Å². The van der Waals surface area contributed by atoms with Crippen molar-refractivity contribution in [2.24, 2.45) is 0 Å². The van der Waals surface area contributed by atoms with Crippen molar-refractivity contribution >= 4 is 18.2 Å². The summed E-state index contributed by atoms with van der Waals surface area (Å²) in [6, 6.07) is 7.75. The molecular formula is C15H24O4SSi. The van der Waals surface area contributed by atoms with E-state index >= 15 is 0 Å². The number of ether oxygens (including phenoxy) is 1. The molecule has 0 aliphatic heterocycles. The molecule has 0 amide bonds. The van der Waals surface area contributed by atoms with Gasteiger partial charge < -0.3 is 4.74 Å². The lowest BCUT2D eigenvalue weighted by Gasteiger charge is -2.23. The second-order valence-corrected chi connectivity index (χ2v) is 14.0. The molecular weight excluding hydrogens is 304 g/mol. The second-order valence-electron chi connectivity index (χ2n) is 7.00. The topological polar surface area (TPSA) is 52.6 Å². The SMILES string of the molecule is COc1ccc(C[C@@]2(OS(C)(=O)=O)C[C@H]2[Si](C)(C)C)cc1. The first-order valence-electron chi connectivity index (χ1n) is 7.09. The normalized spacial score (nSPS) is 25.7. The molecule has 1 aliphatic carbocycles. The molecule has 2 atom stereocenters. The summed E-state index contributed by atoms with van der Waals surface area (Å²) < 4.78 is 33.9. The van der Waals surface area contributed by atoms with E-state index in [9.17, 15) is 8.42 Å². The van der Waals surface area contributed by atoms with Gasteiger partial charge in [0, 0.05) is 6.42 Å². The summed E-state index contributed by atoms with van der Waals surface area (Å²) in [5.41, 5.74) is 0.925. The Hall–Kier alpha value is -0.853. The van der Waals surface area contributed by atoms with E-state index in [4.69, 9.17) is 8.92 Å². The van der Waals surface area contributed by atoms with Gasteiger partial charge in [-0.2, -0.15) is 8.42 Å². The summed E-state index contributed by atoms with van der Waals surface area (Å²) in [5.74, 6) is 0.800. The highest BCUT2D eigenvalue weighted by molar-refractivity contribution is 7.86. The minimum absolute atomic E-state index is 0.377. The minimum atomic E-state index is -3.45. The lowest BCUT2D eigenvalue weighted by atomic mass is 10.1. The van der Waals surface area contributed by atoms with Crippen molar-refractivity contribution in [2.45, 2.75) is 43.6 Å². The zero-order valence-electron chi connectivity index (χ0n) is 13.3. The summed E-state index contributed by atoms with van der Waals surface area (Å²) in [6.07, 6.45) is 2.61. The summed E-state index contributed by atoms with van der Waals surface area (Å²) in [5, 5.41) is 0. The number of methoxy groups -OCH3 is 1. The molecule has 4 nitrogen and oxygen atoms in total. The Morgan fingerprint density at radius 1 is 1.24 bits per heavy atom. The predicted molar refractivity (Wildman–Crippen MR) is 87.1 cm³/mol. The van der Waals surface area contributed by atoms with Gasteiger partial charge in [-0.15, -0.1) is 0 Å². The fourth-order valence-corrected chi connectivity index (χ4v) is 6.72. The van der Waals surface area contributed by atoms with E-state index < -0.39 is 23.8 Å². The van der Waals surface area contributed by atoms with Crippen LogP contribution in [-0.4, -0.2) is 35.5 Å². The van der Waals surface area contributed by atoms with E-state index in [2.05, 4.69) is 19.6 Å². The molecule has 2 rings (SSSR count). The highest BCUT2D eigenvalue weighted by Crippen LogP contribution is 2.60. The quantitative estimate of drug-likeness (QED) is 0.595. The molecule has 0 spiro atoms. The largest absolute Gasteiger partial charge is 0.497 e. The van der Waals surface area contributed by atoms with Crippen LogP contribution in [0.25, 0.3) is 0 Å². The first kappa shape index (κ1) is 16.5. The molecule has 6 heteroatoms. The highest BCUT2D eigenvalue weighted by atomic mass is 32.2. The van der Waals surface area contributed by atoms with Crippen LogP contribution in [0.5, 0.6) is 5.75 Å². The standard InChI is InChI=1S/C15H24O4SSi/c1-18-13-8-6-12(7-9-13)10-15(19-20(2,16)17)11-14(15)21(3,4)5/h6-9,14H,10-11H2,1-5H3/t14-,15-/m1/s1. The van der Waals surface area contributed by atoms with Crippen molar-refractivity contribution < 1.29 is 17.3 Å². The zero-order valence-corrected chi connectivity index (χ0v) is 15.2. The van der Waals surface area contributed by atoms with Crippen LogP contribution < -0.4 is 4.74 Å². The number of hydrogen-bond donors (Lipinski definition) is 0. The van der Waals surface area contributed by atoms with Gasteiger partial charge in [0.1, 0.15) is 5.75 Å². The Bertz CT molecular complexity index is 604. The van der Waals surface area contributed by atoms with Gasteiger partial charge in [0.05, 0.1) is 27.0 Å². The second kappa shape index (κ2) is 5.41. The van der Waals surface area contributed by atoms with Crippen LogP contribution in [0, 0.1) is 0 Å². The van der Waals surface area contributed by atoms with E-state index in [0.29, 0.717) is 12.0 Å². The lowest BCUT2D eigenvalue weighted by molar-refractivity contribution is 0.189. The van der Waals surface area contributed by atoms with E-state index in [1.807, 2.05) is 24.3 Å². The molecule has 21 heavy (non-hydrogen) atoms. The van der Waals surface area contributed by atoms with Crippen molar-refractivity contribution in [2.75, 3.05) is 13.4 Å². The first-order chi connectivity index (χ1) is 9.56. The fourth-order valence-electron chi connectivity index (χ4n) is 3.09. The number of benzene rings is 1. The van der Waals surface area contributed by atoms with Crippen LogP contribution >= 0.6 is 0 Å². The minimum Gasteiger partial charge on any atom is -0.497 e. The predicted octanol–water partition coefficient (Wildman–Crippen LogP) is 3.06. The van der Waals surface area contributed by atoms with Gasteiger partial charge in [0.25, 0.3) is 10.1 Å². The smallest absolute Gasteiger partial charge is 0.264 e. The fraction of sp³-hybridized carbons (Fsp3) is 0.600. The van der Waals surface area contributed by atoms with Crippen LogP contribution in [0.15, 0.2) is 24.3 Å². The highest BCUT2D eigenvalue weighted by Gasteiger charge is 2.62. The van der Waals surface area contributed by atoms with Crippen LogP contribution in [0.3, 0.4) is 0 Å². The van der Waals surface area contributed by atoms with Gasteiger partial charge in [-0.1, -0.05) is 31.8 Å². The van der Waals surface area contributed by atoms with Crippen molar-refractivity contribution in [1.29, 1.82) is 0 Å². The molecule has 1 aromatic rings. The average molecular weight is 329 g/mol. The van der Waals surface area contributed by atoms with Crippen LogP contribution in [0.1, 0.15) is 12.0 Å². The Kier molecular flexibility index (Phi) is 4.25. The number of hydrogen-bond acceptors (Lipinski definition) is 4. The summed E-state index contributed by atoms with van der Waals surface area (Å²) in [4.78, 5) is 0. The third kappa shape index (κ3) is 4.08. The van der Waals surface area contributed by atoms with Crippen LogP contribution in [0.4, 0.5) is 0 Å². The van der Waals surface area contributed by atoms with Crippen molar-refractivity contribution in [3.63, 3.8) is 0 Å². The van der Waals surface area contributed by atoms with E-state index in [1.54, 1.807) is 7.11 Å². The molecule has 0 unspecified atom stereocenters. The molecule has 0 bridgehead atoms. The Balaban J connectivity index is 2.22. The molecule has 0 N–H and O–H groups in total. The van der Waals surface area contributed by atoms with Gasteiger partial charge in [0.15, 0.2) is 0 Å². The van der Waals surface area contributed by atoms with Crippen molar-refractivity contribution in [1.82, 2.24) is 0 Å². The third-order valence-electron chi connectivity index (χ3n) is 4.05.